The Kier molecular flexibility index (Phi) is 69.6. The summed E-state index contributed by atoms with van der Waals surface area (Å²) in [5, 5.41) is 0. The summed E-state index contributed by atoms with van der Waals surface area (Å²) in [6, 6.07) is 0. The van der Waals surface area contributed by atoms with Gasteiger partial charge in [0.05, 0.1) is 0 Å². The third-order valence-electron chi connectivity index (χ3n) is 16.8. The fraction of sp³-hybridized carbons (Fsp3) is 0.857. The summed E-state index contributed by atoms with van der Waals surface area (Å²) in [5.41, 5.74) is 0. The van der Waals surface area contributed by atoms with Gasteiger partial charge in [-0.2, -0.15) is 0 Å². The van der Waals surface area contributed by atoms with Crippen LogP contribution in [0.25, 0.3) is 0 Å². The molecule has 0 amide bonds. The van der Waals surface area contributed by atoms with Crippen molar-refractivity contribution in [1.82, 2.24) is 0 Å². The molecule has 0 heterocycles. The standard InChI is InChI=1S/C77H142O6/c1-4-7-10-13-16-19-22-25-28-30-32-33-34-35-36-37-38-39-40-41-42-43-44-45-46-48-49-52-55-58-61-64-67-70-76(79)82-73-74(72-81-75(78)69-66-63-60-57-54-51-27-24-21-18-15-12-9-6-3)83-77(80)71-68-65-62-59-56-53-50-47-31-29-26-23-20-17-14-11-8-5-2/h22,25,29-32,34-35,74H,4-21,23-24,26-28,33,36-73H2,1-3H3/b25-22-,31-29-,32-30-,35-34-. The lowest BCUT2D eigenvalue weighted by Gasteiger charge is -2.18. The number of carbonyl (C=O) groups excluding carboxylic acids is 3. The maximum atomic E-state index is 12.9. The molecule has 0 bridgehead atoms. The summed E-state index contributed by atoms with van der Waals surface area (Å²) in [4.78, 5) is 38.4. The predicted molar refractivity (Wildman–Crippen MR) is 362 cm³/mol. The molecule has 1 unspecified atom stereocenters. The van der Waals surface area contributed by atoms with E-state index in [1.54, 1.807) is 0 Å². The highest BCUT2D eigenvalue weighted by Gasteiger charge is 2.19. The molecule has 0 saturated carbocycles. The Bertz CT molecular complexity index is 1430. The average Bonchev–Trinajstić information content (AvgIpc) is 3.49. The van der Waals surface area contributed by atoms with Crippen molar-refractivity contribution < 1.29 is 28.6 Å². The second-order valence-electron chi connectivity index (χ2n) is 25.2. The van der Waals surface area contributed by atoms with Gasteiger partial charge < -0.3 is 14.2 Å². The molecule has 6 heteroatoms. The summed E-state index contributed by atoms with van der Waals surface area (Å²) in [6.45, 7) is 6.69. The van der Waals surface area contributed by atoms with E-state index in [2.05, 4.69) is 69.4 Å². The van der Waals surface area contributed by atoms with E-state index in [1.807, 2.05) is 0 Å². The summed E-state index contributed by atoms with van der Waals surface area (Å²) in [6.07, 6.45) is 91.5. The van der Waals surface area contributed by atoms with Crippen molar-refractivity contribution in [2.24, 2.45) is 0 Å². The maximum absolute atomic E-state index is 12.9. The van der Waals surface area contributed by atoms with Crippen LogP contribution in [0.2, 0.25) is 0 Å². The molecule has 6 nitrogen and oxygen atoms in total. The number of unbranched alkanes of at least 4 members (excludes halogenated alkanes) is 50. The third-order valence-corrected chi connectivity index (χ3v) is 16.8. The van der Waals surface area contributed by atoms with E-state index < -0.39 is 6.10 Å². The number of esters is 3. The topological polar surface area (TPSA) is 78.9 Å². The van der Waals surface area contributed by atoms with E-state index in [9.17, 15) is 14.4 Å². The maximum Gasteiger partial charge on any atom is 0.306 e. The van der Waals surface area contributed by atoms with Crippen LogP contribution in [0.5, 0.6) is 0 Å². The lowest BCUT2D eigenvalue weighted by Crippen LogP contribution is -2.30. The van der Waals surface area contributed by atoms with Gasteiger partial charge in [0, 0.05) is 19.3 Å². The van der Waals surface area contributed by atoms with Gasteiger partial charge >= 0.3 is 17.9 Å². The molecule has 0 aliphatic heterocycles. The Morgan fingerprint density at radius 3 is 0.687 bits per heavy atom. The molecule has 486 valence electrons. The smallest absolute Gasteiger partial charge is 0.306 e. The molecule has 0 saturated heterocycles. The fourth-order valence-electron chi connectivity index (χ4n) is 11.2. The molecule has 0 spiro atoms. The zero-order valence-corrected chi connectivity index (χ0v) is 56.0. The van der Waals surface area contributed by atoms with Gasteiger partial charge in [-0.1, -0.05) is 352 Å². The molecule has 1 atom stereocenters. The Hall–Kier alpha value is -2.63. The van der Waals surface area contributed by atoms with Gasteiger partial charge in [-0.3, -0.25) is 14.4 Å². The second-order valence-corrected chi connectivity index (χ2v) is 25.2. The van der Waals surface area contributed by atoms with Crippen LogP contribution in [0.4, 0.5) is 0 Å². The predicted octanol–water partition coefficient (Wildman–Crippen LogP) is 25.7. The van der Waals surface area contributed by atoms with Gasteiger partial charge in [0.15, 0.2) is 6.10 Å². The van der Waals surface area contributed by atoms with Crippen LogP contribution in [0, 0.1) is 0 Å². The zero-order valence-electron chi connectivity index (χ0n) is 56.0. The molecule has 0 aliphatic rings. The van der Waals surface area contributed by atoms with Gasteiger partial charge in [0.1, 0.15) is 13.2 Å². The van der Waals surface area contributed by atoms with Crippen molar-refractivity contribution in [3.05, 3.63) is 48.6 Å². The first kappa shape index (κ1) is 80.4. The summed E-state index contributed by atoms with van der Waals surface area (Å²) >= 11 is 0. The summed E-state index contributed by atoms with van der Waals surface area (Å²) < 4.78 is 17.0. The molecule has 0 aromatic rings. The van der Waals surface area contributed by atoms with Crippen LogP contribution in [0.15, 0.2) is 48.6 Å². The van der Waals surface area contributed by atoms with E-state index in [0.717, 1.165) is 70.6 Å². The largest absolute Gasteiger partial charge is 0.462 e. The molecule has 0 aliphatic carbocycles. The van der Waals surface area contributed by atoms with Crippen LogP contribution in [-0.2, 0) is 28.6 Å². The summed E-state index contributed by atoms with van der Waals surface area (Å²) in [7, 11) is 0. The number of hydrogen-bond donors (Lipinski definition) is 0. The zero-order chi connectivity index (χ0) is 59.9. The monoisotopic (exact) mass is 1160 g/mol. The molecule has 0 aromatic carbocycles. The first-order valence-electron chi connectivity index (χ1n) is 37.1. The molecule has 0 radical (unpaired) electrons. The number of hydrogen-bond acceptors (Lipinski definition) is 6. The van der Waals surface area contributed by atoms with Gasteiger partial charge in [0.25, 0.3) is 0 Å². The van der Waals surface area contributed by atoms with Crippen LogP contribution in [0.1, 0.15) is 406 Å². The van der Waals surface area contributed by atoms with Crippen molar-refractivity contribution in [1.29, 1.82) is 0 Å². The minimum Gasteiger partial charge on any atom is -0.462 e. The SMILES string of the molecule is CCCCCCC/C=C\C/C=C\C/C=C\CCCCCCCCCCCCCCCCCCCCC(=O)OCC(COC(=O)CCCCCCCCCCCCCCCC)OC(=O)CCCCCCCCC/C=C\CCCCCCCCC. The molecule has 0 N–H and O–H groups in total. The van der Waals surface area contributed by atoms with E-state index in [0.29, 0.717) is 19.3 Å². The van der Waals surface area contributed by atoms with Crippen molar-refractivity contribution in [2.75, 3.05) is 13.2 Å². The van der Waals surface area contributed by atoms with Gasteiger partial charge in [-0.15, -0.1) is 0 Å². The Morgan fingerprint density at radius 1 is 0.241 bits per heavy atom. The van der Waals surface area contributed by atoms with Crippen molar-refractivity contribution in [2.45, 2.75) is 412 Å². The van der Waals surface area contributed by atoms with Gasteiger partial charge in [0.2, 0.25) is 0 Å². The molecule has 83 heavy (non-hydrogen) atoms. The minimum absolute atomic E-state index is 0.0685. The van der Waals surface area contributed by atoms with Crippen LogP contribution in [0.3, 0.4) is 0 Å². The van der Waals surface area contributed by atoms with E-state index in [4.69, 9.17) is 14.2 Å². The highest BCUT2D eigenvalue weighted by molar-refractivity contribution is 5.71. The Labute approximate surface area is 518 Å². The molecule has 0 fully saturated rings. The fourth-order valence-corrected chi connectivity index (χ4v) is 11.2. The van der Waals surface area contributed by atoms with Crippen LogP contribution < -0.4 is 0 Å². The Balaban J connectivity index is 4.15. The molecule has 0 aromatic heterocycles. The highest BCUT2D eigenvalue weighted by atomic mass is 16.6. The normalized spacial score (nSPS) is 12.3. The van der Waals surface area contributed by atoms with Crippen molar-refractivity contribution in [3.8, 4) is 0 Å². The Morgan fingerprint density at radius 2 is 0.434 bits per heavy atom. The highest BCUT2D eigenvalue weighted by Crippen LogP contribution is 2.18. The van der Waals surface area contributed by atoms with Gasteiger partial charge in [-0.05, 0) is 83.5 Å². The minimum atomic E-state index is -0.773. The third kappa shape index (κ3) is 70.0. The van der Waals surface area contributed by atoms with Crippen molar-refractivity contribution in [3.63, 3.8) is 0 Å². The summed E-state index contributed by atoms with van der Waals surface area (Å²) in [5.74, 6) is -0.843. The van der Waals surface area contributed by atoms with E-state index in [1.165, 1.54) is 295 Å². The molecule has 0 rings (SSSR count). The number of carbonyl (C=O) groups is 3. The number of rotatable bonds is 69. The van der Waals surface area contributed by atoms with Gasteiger partial charge in [-0.25, -0.2) is 0 Å². The number of allylic oxidation sites excluding steroid dienone is 8. The first-order valence-corrected chi connectivity index (χ1v) is 37.1. The molecular formula is C77H142O6. The van der Waals surface area contributed by atoms with Crippen LogP contribution >= 0.6 is 0 Å². The second kappa shape index (κ2) is 71.8. The van der Waals surface area contributed by atoms with Crippen molar-refractivity contribution >= 4 is 17.9 Å². The van der Waals surface area contributed by atoms with E-state index in [-0.39, 0.29) is 31.1 Å². The lowest BCUT2D eigenvalue weighted by molar-refractivity contribution is -0.167. The number of ether oxygens (including phenoxy) is 3. The van der Waals surface area contributed by atoms with Crippen LogP contribution in [-0.4, -0.2) is 37.2 Å². The first-order chi connectivity index (χ1) is 41.0. The quantitative estimate of drug-likeness (QED) is 0.0261. The molecular weight excluding hydrogens is 1020 g/mol. The van der Waals surface area contributed by atoms with E-state index >= 15 is 0 Å². The average molecular weight is 1160 g/mol. The lowest BCUT2D eigenvalue weighted by atomic mass is 10.0.